The van der Waals surface area contributed by atoms with Crippen molar-refractivity contribution >= 4 is 29.1 Å². The zero-order chi connectivity index (χ0) is 17.5. The lowest BCUT2D eigenvalue weighted by atomic mass is 10.1. The highest BCUT2D eigenvalue weighted by atomic mass is 32.1. The predicted molar refractivity (Wildman–Crippen MR) is 88.7 cm³/mol. The number of hydrogen-bond acceptors (Lipinski definition) is 5. The summed E-state index contributed by atoms with van der Waals surface area (Å²) in [5.41, 5.74) is 1.18. The molecule has 1 unspecified atom stereocenters. The average molecular weight is 354 g/mol. The Balaban J connectivity index is 1.77. The molecule has 7 nitrogen and oxygen atoms in total. The SMILES string of the molecule is COCCC(NC(=O)CCC(=O)N1CCc2sccc2C1)C(=O)O. The number of aliphatic carboxylic acids is 1. The first-order valence-electron chi connectivity index (χ1n) is 7.85. The Morgan fingerprint density at radius 3 is 2.92 bits per heavy atom. The molecular weight excluding hydrogens is 332 g/mol. The second kappa shape index (κ2) is 8.79. The number of methoxy groups -OCH3 is 1. The molecule has 8 heteroatoms. The number of carbonyl (C=O) groups is 3. The maximum atomic E-state index is 12.2. The maximum Gasteiger partial charge on any atom is 0.326 e. The first-order chi connectivity index (χ1) is 11.5. The summed E-state index contributed by atoms with van der Waals surface area (Å²) in [4.78, 5) is 38.3. The molecule has 0 radical (unpaired) electrons. The Morgan fingerprint density at radius 2 is 2.21 bits per heavy atom. The summed E-state index contributed by atoms with van der Waals surface area (Å²) >= 11 is 1.71. The van der Waals surface area contributed by atoms with E-state index >= 15 is 0 Å². The van der Waals surface area contributed by atoms with E-state index in [-0.39, 0.29) is 31.8 Å². The molecule has 1 aromatic rings. The number of thiophene rings is 1. The molecule has 1 aliphatic heterocycles. The maximum absolute atomic E-state index is 12.2. The second-order valence-corrected chi connectivity index (χ2v) is 6.67. The highest BCUT2D eigenvalue weighted by Crippen LogP contribution is 2.24. The van der Waals surface area contributed by atoms with E-state index in [1.807, 2.05) is 11.4 Å². The summed E-state index contributed by atoms with van der Waals surface area (Å²) in [6, 6.07) is 1.04. The molecular formula is C16H22N2O5S. The van der Waals surface area contributed by atoms with Crippen LogP contribution < -0.4 is 5.32 Å². The number of ether oxygens (including phenoxy) is 1. The summed E-state index contributed by atoms with van der Waals surface area (Å²) in [6.07, 6.45) is 1.12. The van der Waals surface area contributed by atoms with E-state index in [1.165, 1.54) is 17.6 Å². The van der Waals surface area contributed by atoms with Crippen LogP contribution >= 0.6 is 11.3 Å². The molecule has 24 heavy (non-hydrogen) atoms. The van der Waals surface area contributed by atoms with Gasteiger partial charge in [-0.2, -0.15) is 0 Å². The smallest absolute Gasteiger partial charge is 0.326 e. The molecule has 0 fully saturated rings. The van der Waals surface area contributed by atoms with E-state index in [4.69, 9.17) is 9.84 Å². The predicted octanol–water partition coefficient (Wildman–Crippen LogP) is 1.02. The molecule has 1 atom stereocenters. The molecule has 0 aromatic carbocycles. The van der Waals surface area contributed by atoms with Crippen molar-refractivity contribution < 1.29 is 24.2 Å². The standard InChI is InChI=1S/C16H22N2O5S/c1-23-8-5-12(16(21)22)17-14(19)2-3-15(20)18-7-4-13-11(10-18)6-9-24-13/h6,9,12H,2-5,7-8,10H2,1H3,(H,17,19)(H,21,22). The van der Waals surface area contributed by atoms with Gasteiger partial charge in [-0.3, -0.25) is 9.59 Å². The number of amides is 2. The molecule has 0 aliphatic carbocycles. The van der Waals surface area contributed by atoms with Gasteiger partial charge in [-0.15, -0.1) is 11.3 Å². The van der Waals surface area contributed by atoms with Crippen molar-refractivity contribution in [1.82, 2.24) is 10.2 Å². The van der Waals surface area contributed by atoms with Gasteiger partial charge in [-0.25, -0.2) is 4.79 Å². The second-order valence-electron chi connectivity index (χ2n) is 5.67. The van der Waals surface area contributed by atoms with Crippen molar-refractivity contribution in [3.05, 3.63) is 21.9 Å². The Bertz CT molecular complexity index is 601. The monoisotopic (exact) mass is 354 g/mol. The normalized spacial score (nSPS) is 14.8. The van der Waals surface area contributed by atoms with Gasteiger partial charge in [-0.05, 0) is 23.4 Å². The van der Waals surface area contributed by atoms with Crippen molar-refractivity contribution in [3.63, 3.8) is 0 Å². The van der Waals surface area contributed by atoms with Crippen molar-refractivity contribution in [1.29, 1.82) is 0 Å². The zero-order valence-electron chi connectivity index (χ0n) is 13.6. The van der Waals surface area contributed by atoms with Gasteiger partial charge in [-0.1, -0.05) is 0 Å². The third-order valence-corrected chi connectivity index (χ3v) is 4.99. The van der Waals surface area contributed by atoms with E-state index in [1.54, 1.807) is 16.2 Å². The topological polar surface area (TPSA) is 95.9 Å². The molecule has 2 rings (SSSR count). The zero-order valence-corrected chi connectivity index (χ0v) is 14.4. The molecule has 132 valence electrons. The summed E-state index contributed by atoms with van der Waals surface area (Å²) in [5.74, 6) is -1.61. The van der Waals surface area contributed by atoms with Gasteiger partial charge in [0.1, 0.15) is 6.04 Å². The molecule has 0 saturated heterocycles. The molecule has 2 amide bonds. The lowest BCUT2D eigenvalue weighted by Gasteiger charge is -2.27. The molecule has 2 heterocycles. The fourth-order valence-electron chi connectivity index (χ4n) is 2.60. The van der Waals surface area contributed by atoms with Crippen LogP contribution in [0.5, 0.6) is 0 Å². The first kappa shape index (κ1) is 18.4. The highest BCUT2D eigenvalue weighted by molar-refractivity contribution is 7.10. The van der Waals surface area contributed by atoms with Crippen molar-refractivity contribution in [2.75, 3.05) is 20.3 Å². The van der Waals surface area contributed by atoms with Crippen LogP contribution in [0.25, 0.3) is 0 Å². The van der Waals surface area contributed by atoms with Crippen LogP contribution in [-0.4, -0.2) is 54.1 Å². The quantitative estimate of drug-likeness (QED) is 0.727. The van der Waals surface area contributed by atoms with E-state index < -0.39 is 17.9 Å². The van der Waals surface area contributed by atoms with Crippen molar-refractivity contribution in [2.45, 2.75) is 38.3 Å². The molecule has 1 aliphatic rings. The average Bonchev–Trinajstić information content (AvgIpc) is 3.03. The number of nitrogens with one attached hydrogen (secondary N) is 1. The molecule has 0 spiro atoms. The van der Waals surface area contributed by atoms with Crippen molar-refractivity contribution in [3.8, 4) is 0 Å². The van der Waals surface area contributed by atoms with E-state index in [0.29, 0.717) is 13.1 Å². The number of nitrogens with zero attached hydrogens (tertiary/aromatic N) is 1. The Morgan fingerprint density at radius 1 is 1.42 bits per heavy atom. The summed E-state index contributed by atoms with van der Waals surface area (Å²) in [7, 11) is 1.47. The van der Waals surface area contributed by atoms with Crippen LogP contribution in [0, 0.1) is 0 Å². The number of carbonyl (C=O) groups excluding carboxylic acids is 2. The molecule has 0 saturated carbocycles. The van der Waals surface area contributed by atoms with Crippen LogP contribution in [0.3, 0.4) is 0 Å². The van der Waals surface area contributed by atoms with E-state index in [2.05, 4.69) is 5.32 Å². The van der Waals surface area contributed by atoms with Crippen LogP contribution in [0.4, 0.5) is 0 Å². The van der Waals surface area contributed by atoms with Crippen LogP contribution in [0.1, 0.15) is 29.7 Å². The molecule has 2 N–H and O–H groups in total. The van der Waals surface area contributed by atoms with Gasteiger partial charge >= 0.3 is 5.97 Å². The van der Waals surface area contributed by atoms with Gasteiger partial charge in [0.25, 0.3) is 0 Å². The van der Waals surface area contributed by atoms with Gasteiger partial charge in [0.2, 0.25) is 11.8 Å². The Labute approximate surface area is 144 Å². The van der Waals surface area contributed by atoms with Crippen LogP contribution in [-0.2, 0) is 32.1 Å². The van der Waals surface area contributed by atoms with Crippen LogP contribution in [0.15, 0.2) is 11.4 Å². The summed E-state index contributed by atoms with van der Waals surface area (Å²) in [6.45, 7) is 1.50. The third-order valence-electron chi connectivity index (χ3n) is 3.97. The Hall–Kier alpha value is -1.93. The minimum absolute atomic E-state index is 0.0113. The largest absolute Gasteiger partial charge is 0.480 e. The first-order valence-corrected chi connectivity index (χ1v) is 8.73. The van der Waals surface area contributed by atoms with Crippen LogP contribution in [0.2, 0.25) is 0 Å². The fraction of sp³-hybridized carbons (Fsp3) is 0.562. The number of carboxylic acids is 1. The van der Waals surface area contributed by atoms with E-state index in [9.17, 15) is 14.4 Å². The summed E-state index contributed by atoms with van der Waals surface area (Å²) in [5, 5.41) is 13.5. The van der Waals surface area contributed by atoms with Crippen molar-refractivity contribution in [2.24, 2.45) is 0 Å². The fourth-order valence-corrected chi connectivity index (χ4v) is 3.49. The van der Waals surface area contributed by atoms with Gasteiger partial charge in [0.15, 0.2) is 0 Å². The highest BCUT2D eigenvalue weighted by Gasteiger charge is 2.23. The number of rotatable bonds is 8. The third kappa shape index (κ3) is 5.04. The van der Waals surface area contributed by atoms with Gasteiger partial charge < -0.3 is 20.1 Å². The minimum Gasteiger partial charge on any atom is -0.480 e. The van der Waals surface area contributed by atoms with E-state index in [0.717, 1.165) is 6.42 Å². The van der Waals surface area contributed by atoms with Gasteiger partial charge in [0, 0.05) is 50.9 Å². The number of fused-ring (bicyclic) bond motifs is 1. The number of hydrogen-bond donors (Lipinski definition) is 2. The lowest BCUT2D eigenvalue weighted by Crippen LogP contribution is -2.42. The summed E-state index contributed by atoms with van der Waals surface area (Å²) < 4.78 is 4.83. The molecule has 0 bridgehead atoms. The lowest BCUT2D eigenvalue weighted by molar-refractivity contribution is -0.142. The molecule has 1 aromatic heterocycles. The minimum atomic E-state index is -1.10. The Kier molecular flexibility index (Phi) is 6.74. The number of carboxylic acid groups (broad SMARTS) is 1. The van der Waals surface area contributed by atoms with Gasteiger partial charge in [0.05, 0.1) is 0 Å².